The molecular formula is C13H23N3O. The number of aromatic nitrogens is 1. The van der Waals surface area contributed by atoms with Crippen molar-refractivity contribution in [2.75, 3.05) is 6.54 Å². The normalized spacial score (nSPS) is 10.8. The van der Waals surface area contributed by atoms with Gasteiger partial charge in [0.1, 0.15) is 0 Å². The van der Waals surface area contributed by atoms with E-state index < -0.39 is 0 Å². The molecule has 0 saturated carbocycles. The number of hydrogen-bond acceptors (Lipinski definition) is 2. The number of nitrogens with zero attached hydrogens (tertiary/aromatic N) is 1. The molecule has 1 rings (SSSR count). The number of amides is 1. The third-order valence-corrected chi connectivity index (χ3v) is 2.50. The van der Waals surface area contributed by atoms with Gasteiger partial charge in [-0.1, -0.05) is 13.8 Å². The van der Waals surface area contributed by atoms with E-state index in [9.17, 15) is 4.79 Å². The van der Waals surface area contributed by atoms with Crippen LogP contribution in [0.25, 0.3) is 0 Å². The van der Waals surface area contributed by atoms with Gasteiger partial charge in [-0.05, 0) is 18.6 Å². The number of carbonyl (C=O) groups excluding carboxylic acids is 1. The second kappa shape index (κ2) is 7.12. The molecule has 1 aromatic heterocycles. The topological polar surface area (TPSA) is 46.1 Å². The Kier molecular flexibility index (Phi) is 5.77. The fraction of sp³-hybridized carbons (Fsp3) is 0.615. The third-order valence-electron chi connectivity index (χ3n) is 2.50. The van der Waals surface area contributed by atoms with Crippen LogP contribution >= 0.6 is 0 Å². The van der Waals surface area contributed by atoms with Crippen LogP contribution in [-0.2, 0) is 17.9 Å². The van der Waals surface area contributed by atoms with Gasteiger partial charge in [0.15, 0.2) is 0 Å². The SMILES string of the molecule is CCNC(=O)CCn1ccc(CNC(C)C)c1. The minimum absolute atomic E-state index is 0.114. The van der Waals surface area contributed by atoms with Crippen molar-refractivity contribution in [2.45, 2.75) is 46.3 Å². The number of nitrogens with one attached hydrogen (secondary N) is 2. The van der Waals surface area contributed by atoms with E-state index in [2.05, 4.69) is 41.3 Å². The van der Waals surface area contributed by atoms with Crippen molar-refractivity contribution >= 4 is 5.91 Å². The molecule has 2 N–H and O–H groups in total. The molecule has 0 aliphatic heterocycles. The van der Waals surface area contributed by atoms with Gasteiger partial charge in [-0.25, -0.2) is 0 Å². The van der Waals surface area contributed by atoms with Gasteiger partial charge in [0, 0.05) is 44.5 Å². The molecule has 0 spiro atoms. The van der Waals surface area contributed by atoms with Gasteiger partial charge in [-0.2, -0.15) is 0 Å². The Morgan fingerprint density at radius 1 is 1.47 bits per heavy atom. The van der Waals surface area contributed by atoms with Crippen molar-refractivity contribution in [1.82, 2.24) is 15.2 Å². The summed E-state index contributed by atoms with van der Waals surface area (Å²) in [5.41, 5.74) is 1.26. The van der Waals surface area contributed by atoms with Crippen molar-refractivity contribution in [2.24, 2.45) is 0 Å². The predicted molar refractivity (Wildman–Crippen MR) is 69.7 cm³/mol. The van der Waals surface area contributed by atoms with Crippen LogP contribution < -0.4 is 10.6 Å². The molecule has 96 valence electrons. The highest BCUT2D eigenvalue weighted by molar-refractivity contribution is 5.75. The molecular weight excluding hydrogens is 214 g/mol. The summed E-state index contributed by atoms with van der Waals surface area (Å²) in [6, 6.07) is 2.58. The first-order valence-electron chi connectivity index (χ1n) is 6.26. The van der Waals surface area contributed by atoms with Crippen molar-refractivity contribution in [3.05, 3.63) is 24.0 Å². The highest BCUT2D eigenvalue weighted by Gasteiger charge is 2.01. The van der Waals surface area contributed by atoms with Gasteiger partial charge < -0.3 is 15.2 Å². The van der Waals surface area contributed by atoms with Crippen LogP contribution in [-0.4, -0.2) is 23.1 Å². The van der Waals surface area contributed by atoms with Crippen LogP contribution in [0, 0.1) is 0 Å². The highest BCUT2D eigenvalue weighted by atomic mass is 16.1. The van der Waals surface area contributed by atoms with E-state index >= 15 is 0 Å². The van der Waals surface area contributed by atoms with Crippen LogP contribution in [0.3, 0.4) is 0 Å². The smallest absolute Gasteiger partial charge is 0.221 e. The van der Waals surface area contributed by atoms with E-state index in [1.54, 1.807) is 0 Å². The first-order valence-corrected chi connectivity index (χ1v) is 6.26. The average Bonchev–Trinajstić information content (AvgIpc) is 2.72. The second-order valence-corrected chi connectivity index (χ2v) is 4.50. The predicted octanol–water partition coefficient (Wildman–Crippen LogP) is 1.51. The lowest BCUT2D eigenvalue weighted by atomic mass is 10.3. The molecule has 1 amide bonds. The third kappa shape index (κ3) is 5.54. The minimum Gasteiger partial charge on any atom is -0.356 e. The van der Waals surface area contributed by atoms with Crippen molar-refractivity contribution in [3.63, 3.8) is 0 Å². The number of aryl methyl sites for hydroxylation is 1. The molecule has 0 aliphatic carbocycles. The molecule has 1 heterocycles. The Morgan fingerprint density at radius 3 is 2.88 bits per heavy atom. The summed E-state index contributed by atoms with van der Waals surface area (Å²) in [6.45, 7) is 8.52. The molecule has 0 bridgehead atoms. The molecule has 17 heavy (non-hydrogen) atoms. The van der Waals surface area contributed by atoms with E-state index in [0.717, 1.165) is 13.1 Å². The molecule has 4 nitrogen and oxygen atoms in total. The first-order chi connectivity index (χ1) is 8.11. The zero-order chi connectivity index (χ0) is 12.7. The Morgan fingerprint density at radius 2 is 2.24 bits per heavy atom. The van der Waals surface area contributed by atoms with E-state index in [0.29, 0.717) is 19.0 Å². The number of hydrogen-bond donors (Lipinski definition) is 2. The quantitative estimate of drug-likeness (QED) is 0.755. The highest BCUT2D eigenvalue weighted by Crippen LogP contribution is 2.02. The zero-order valence-corrected chi connectivity index (χ0v) is 11.0. The fourth-order valence-electron chi connectivity index (χ4n) is 1.57. The molecule has 4 heteroatoms. The fourth-order valence-corrected chi connectivity index (χ4v) is 1.57. The van der Waals surface area contributed by atoms with Gasteiger partial charge in [0.25, 0.3) is 0 Å². The number of rotatable bonds is 7. The zero-order valence-electron chi connectivity index (χ0n) is 11.0. The summed E-state index contributed by atoms with van der Waals surface area (Å²) >= 11 is 0. The molecule has 1 aromatic rings. The Bertz CT molecular complexity index is 344. The van der Waals surface area contributed by atoms with Crippen LogP contribution in [0.4, 0.5) is 0 Å². The van der Waals surface area contributed by atoms with Crippen molar-refractivity contribution < 1.29 is 4.79 Å². The van der Waals surface area contributed by atoms with E-state index in [-0.39, 0.29) is 5.91 Å². The lowest BCUT2D eigenvalue weighted by molar-refractivity contribution is -0.121. The lowest BCUT2D eigenvalue weighted by Gasteiger charge is -2.06. The summed E-state index contributed by atoms with van der Waals surface area (Å²) in [4.78, 5) is 11.3. The second-order valence-electron chi connectivity index (χ2n) is 4.50. The summed E-state index contributed by atoms with van der Waals surface area (Å²) in [5, 5.41) is 6.17. The van der Waals surface area contributed by atoms with Gasteiger partial charge in [-0.3, -0.25) is 4.79 Å². The summed E-state index contributed by atoms with van der Waals surface area (Å²) in [5.74, 6) is 0.114. The maximum absolute atomic E-state index is 11.3. The maximum Gasteiger partial charge on any atom is 0.221 e. The molecule has 0 radical (unpaired) electrons. The Hall–Kier alpha value is -1.29. The van der Waals surface area contributed by atoms with Gasteiger partial charge >= 0.3 is 0 Å². The average molecular weight is 237 g/mol. The largest absolute Gasteiger partial charge is 0.356 e. The molecule has 0 unspecified atom stereocenters. The van der Waals surface area contributed by atoms with Crippen molar-refractivity contribution in [3.8, 4) is 0 Å². The Balaban J connectivity index is 2.32. The van der Waals surface area contributed by atoms with Gasteiger partial charge in [0.05, 0.1) is 0 Å². The standard InChI is InChI=1S/C13H23N3O/c1-4-14-13(17)6-8-16-7-5-12(10-16)9-15-11(2)3/h5,7,10-11,15H,4,6,8-9H2,1-3H3,(H,14,17). The van der Waals surface area contributed by atoms with Crippen LogP contribution in [0.1, 0.15) is 32.8 Å². The van der Waals surface area contributed by atoms with Crippen molar-refractivity contribution in [1.29, 1.82) is 0 Å². The monoisotopic (exact) mass is 237 g/mol. The van der Waals surface area contributed by atoms with Gasteiger partial charge in [0.2, 0.25) is 5.91 Å². The number of carbonyl (C=O) groups is 1. The molecule has 0 aliphatic rings. The summed E-state index contributed by atoms with van der Waals surface area (Å²) in [6.07, 6.45) is 4.66. The molecule has 0 fully saturated rings. The molecule has 0 atom stereocenters. The van der Waals surface area contributed by atoms with E-state index in [1.165, 1.54) is 5.56 Å². The maximum atomic E-state index is 11.3. The summed E-state index contributed by atoms with van der Waals surface area (Å²) < 4.78 is 2.06. The summed E-state index contributed by atoms with van der Waals surface area (Å²) in [7, 11) is 0. The van der Waals surface area contributed by atoms with Crippen LogP contribution in [0.15, 0.2) is 18.5 Å². The first kappa shape index (κ1) is 13.8. The van der Waals surface area contributed by atoms with Crippen LogP contribution in [0.5, 0.6) is 0 Å². The lowest BCUT2D eigenvalue weighted by Crippen LogP contribution is -2.23. The van der Waals surface area contributed by atoms with Gasteiger partial charge in [-0.15, -0.1) is 0 Å². The molecule has 0 aromatic carbocycles. The minimum atomic E-state index is 0.114. The molecule has 0 saturated heterocycles. The van der Waals surface area contributed by atoms with E-state index in [4.69, 9.17) is 0 Å². The Labute approximate surface area is 103 Å². The van der Waals surface area contributed by atoms with E-state index in [1.807, 2.05) is 13.1 Å². The van der Waals surface area contributed by atoms with Crippen LogP contribution in [0.2, 0.25) is 0 Å².